The van der Waals surface area contributed by atoms with Crippen molar-refractivity contribution < 1.29 is 28.6 Å². The van der Waals surface area contributed by atoms with E-state index in [2.05, 4.69) is 5.32 Å². The molecule has 3 rings (SSSR count). The summed E-state index contributed by atoms with van der Waals surface area (Å²) in [6.07, 6.45) is 0. The second-order valence-corrected chi connectivity index (χ2v) is 6.01. The Bertz CT molecular complexity index is 1070. The number of benzene rings is 3. The molecule has 5 nitrogen and oxygen atoms in total. The monoisotopic (exact) mass is 383 g/mol. The van der Waals surface area contributed by atoms with Crippen molar-refractivity contribution in [2.45, 2.75) is 6.54 Å². The molecule has 3 aromatic carbocycles. The molecule has 0 aliphatic rings. The summed E-state index contributed by atoms with van der Waals surface area (Å²) in [5, 5.41) is 21.6. The maximum atomic E-state index is 13.7. The fraction of sp³-hybridized carbons (Fsp3) is 0.0476. The van der Waals surface area contributed by atoms with Crippen molar-refractivity contribution in [3.63, 3.8) is 0 Å². The van der Waals surface area contributed by atoms with Crippen LogP contribution < -0.4 is 5.32 Å². The second-order valence-electron chi connectivity index (χ2n) is 6.01. The number of halogens is 2. The second kappa shape index (κ2) is 7.87. The van der Waals surface area contributed by atoms with Crippen LogP contribution in [0.1, 0.15) is 26.3 Å². The van der Waals surface area contributed by atoms with Crippen LogP contribution in [0.5, 0.6) is 5.75 Å². The normalized spacial score (nSPS) is 10.5. The number of hydrogen-bond donors (Lipinski definition) is 3. The highest BCUT2D eigenvalue weighted by molar-refractivity contribution is 5.96. The predicted molar refractivity (Wildman–Crippen MR) is 98.0 cm³/mol. The van der Waals surface area contributed by atoms with Crippen LogP contribution in [0.4, 0.5) is 8.78 Å². The van der Waals surface area contributed by atoms with Gasteiger partial charge in [-0.25, -0.2) is 13.6 Å². The number of rotatable bonds is 5. The number of aromatic carboxylic acids is 1. The largest absolute Gasteiger partial charge is 0.507 e. The highest BCUT2D eigenvalue weighted by Gasteiger charge is 2.13. The summed E-state index contributed by atoms with van der Waals surface area (Å²) in [6.45, 7) is -0.189. The molecule has 0 fully saturated rings. The first kappa shape index (κ1) is 19.0. The van der Waals surface area contributed by atoms with E-state index in [-0.39, 0.29) is 29.0 Å². The highest BCUT2D eigenvalue weighted by Crippen LogP contribution is 2.30. The molecule has 0 aliphatic carbocycles. The Labute approximate surface area is 158 Å². The van der Waals surface area contributed by atoms with Crippen LogP contribution in [0.25, 0.3) is 11.1 Å². The zero-order valence-electron chi connectivity index (χ0n) is 14.4. The molecule has 0 heterocycles. The zero-order chi connectivity index (χ0) is 20.3. The quantitative estimate of drug-likeness (QED) is 0.622. The van der Waals surface area contributed by atoms with Gasteiger partial charge in [0.25, 0.3) is 5.91 Å². The Morgan fingerprint density at radius 3 is 2.39 bits per heavy atom. The van der Waals surface area contributed by atoms with Crippen LogP contribution >= 0.6 is 0 Å². The first-order valence-corrected chi connectivity index (χ1v) is 8.24. The van der Waals surface area contributed by atoms with Crippen LogP contribution in [-0.2, 0) is 6.54 Å². The fourth-order valence-corrected chi connectivity index (χ4v) is 2.70. The maximum absolute atomic E-state index is 13.7. The molecule has 0 saturated carbocycles. The van der Waals surface area contributed by atoms with Gasteiger partial charge >= 0.3 is 5.97 Å². The van der Waals surface area contributed by atoms with Crippen molar-refractivity contribution in [3.8, 4) is 16.9 Å². The number of aromatic hydroxyl groups is 1. The van der Waals surface area contributed by atoms with E-state index in [1.807, 2.05) is 0 Å². The minimum atomic E-state index is -1.17. The number of nitrogens with one attached hydrogen (secondary N) is 1. The van der Waals surface area contributed by atoms with Crippen molar-refractivity contribution >= 4 is 11.9 Å². The third-order valence-corrected chi connectivity index (χ3v) is 4.15. The molecule has 7 heteroatoms. The SMILES string of the molecule is O=C(O)c1ccc(-c2cccc(C(=O)NCc3cccc(F)c3F)c2)c(O)c1. The molecule has 0 bridgehead atoms. The fourth-order valence-electron chi connectivity index (χ4n) is 2.70. The third kappa shape index (κ3) is 3.98. The molecule has 28 heavy (non-hydrogen) atoms. The summed E-state index contributed by atoms with van der Waals surface area (Å²) in [4.78, 5) is 23.3. The molecular formula is C21H15F2NO4. The van der Waals surface area contributed by atoms with E-state index >= 15 is 0 Å². The smallest absolute Gasteiger partial charge is 0.335 e. The first-order valence-electron chi connectivity index (χ1n) is 8.24. The van der Waals surface area contributed by atoms with E-state index in [0.29, 0.717) is 11.1 Å². The number of carbonyl (C=O) groups is 2. The standard InChI is InChI=1S/C21H15F2NO4/c22-17-6-2-5-15(19(17)23)11-24-20(26)13-4-1-3-12(9-13)16-8-7-14(21(27)28)10-18(16)25/h1-10,25H,11H2,(H,24,26)(H,27,28). The van der Waals surface area contributed by atoms with Gasteiger partial charge in [-0.2, -0.15) is 0 Å². The van der Waals surface area contributed by atoms with Crippen LogP contribution in [0.3, 0.4) is 0 Å². The van der Waals surface area contributed by atoms with E-state index in [1.165, 1.54) is 36.4 Å². The van der Waals surface area contributed by atoms with Gasteiger partial charge in [0.1, 0.15) is 5.75 Å². The van der Waals surface area contributed by atoms with Crippen molar-refractivity contribution in [3.05, 3.63) is 89.0 Å². The van der Waals surface area contributed by atoms with E-state index < -0.39 is 23.5 Å². The maximum Gasteiger partial charge on any atom is 0.335 e. The van der Waals surface area contributed by atoms with Crippen molar-refractivity contribution in [2.75, 3.05) is 0 Å². The summed E-state index contributed by atoms with van der Waals surface area (Å²) in [5.41, 5.74) is 1.06. The summed E-state index contributed by atoms with van der Waals surface area (Å²) < 4.78 is 26.9. The Kier molecular flexibility index (Phi) is 5.35. The molecule has 0 spiro atoms. The Hall–Kier alpha value is -3.74. The third-order valence-electron chi connectivity index (χ3n) is 4.15. The summed E-state index contributed by atoms with van der Waals surface area (Å²) in [6, 6.07) is 13.9. The van der Waals surface area contributed by atoms with Gasteiger partial charge < -0.3 is 15.5 Å². The van der Waals surface area contributed by atoms with Crippen molar-refractivity contribution in [1.29, 1.82) is 0 Å². The average Bonchev–Trinajstić information content (AvgIpc) is 2.68. The minimum absolute atomic E-state index is 0.0198. The van der Waals surface area contributed by atoms with E-state index in [4.69, 9.17) is 5.11 Å². The number of amides is 1. The average molecular weight is 383 g/mol. The number of carbonyl (C=O) groups excluding carboxylic acids is 1. The molecule has 3 aromatic rings. The molecule has 0 aliphatic heterocycles. The van der Waals surface area contributed by atoms with E-state index in [9.17, 15) is 23.5 Å². The number of carboxylic acids is 1. The van der Waals surface area contributed by atoms with Crippen LogP contribution in [0, 0.1) is 11.6 Å². The van der Waals surface area contributed by atoms with Gasteiger partial charge in [-0.1, -0.05) is 24.3 Å². The van der Waals surface area contributed by atoms with Crippen LogP contribution in [0.2, 0.25) is 0 Å². The minimum Gasteiger partial charge on any atom is -0.507 e. The number of phenols is 1. The topological polar surface area (TPSA) is 86.6 Å². The first-order chi connectivity index (χ1) is 13.4. The highest BCUT2D eigenvalue weighted by atomic mass is 19.2. The van der Waals surface area contributed by atoms with Crippen molar-refractivity contribution in [2.24, 2.45) is 0 Å². The lowest BCUT2D eigenvalue weighted by molar-refractivity contribution is 0.0696. The van der Waals surface area contributed by atoms with Gasteiger partial charge in [-0.05, 0) is 42.0 Å². The lowest BCUT2D eigenvalue weighted by Crippen LogP contribution is -2.23. The molecule has 0 atom stereocenters. The summed E-state index contributed by atoms with van der Waals surface area (Å²) >= 11 is 0. The van der Waals surface area contributed by atoms with Crippen LogP contribution in [-0.4, -0.2) is 22.1 Å². The molecule has 0 saturated heterocycles. The zero-order valence-corrected chi connectivity index (χ0v) is 14.4. The lowest BCUT2D eigenvalue weighted by atomic mass is 10.0. The molecule has 0 unspecified atom stereocenters. The number of carboxylic acid groups (broad SMARTS) is 1. The molecule has 1 amide bonds. The Morgan fingerprint density at radius 1 is 0.929 bits per heavy atom. The molecular weight excluding hydrogens is 368 g/mol. The molecule has 142 valence electrons. The Morgan fingerprint density at radius 2 is 1.68 bits per heavy atom. The van der Waals surface area contributed by atoms with Gasteiger partial charge in [0, 0.05) is 23.2 Å². The lowest BCUT2D eigenvalue weighted by Gasteiger charge is -2.10. The van der Waals surface area contributed by atoms with Gasteiger partial charge in [0.05, 0.1) is 5.56 Å². The molecule has 0 aromatic heterocycles. The van der Waals surface area contributed by atoms with Gasteiger partial charge in [-0.15, -0.1) is 0 Å². The molecule has 0 radical (unpaired) electrons. The van der Waals surface area contributed by atoms with Gasteiger partial charge in [-0.3, -0.25) is 4.79 Å². The van der Waals surface area contributed by atoms with Crippen molar-refractivity contribution in [1.82, 2.24) is 5.32 Å². The van der Waals surface area contributed by atoms with Gasteiger partial charge in [0.15, 0.2) is 11.6 Å². The summed E-state index contributed by atoms with van der Waals surface area (Å²) in [5.74, 6) is -3.92. The van der Waals surface area contributed by atoms with E-state index in [1.54, 1.807) is 12.1 Å². The van der Waals surface area contributed by atoms with Gasteiger partial charge in [0.2, 0.25) is 0 Å². The molecule has 3 N–H and O–H groups in total. The Balaban J connectivity index is 1.80. The number of hydrogen-bond acceptors (Lipinski definition) is 3. The summed E-state index contributed by atoms with van der Waals surface area (Å²) in [7, 11) is 0. The predicted octanol–water partition coefficient (Wildman–Crippen LogP) is 3.97. The van der Waals surface area contributed by atoms with E-state index in [0.717, 1.165) is 12.1 Å². The van der Waals surface area contributed by atoms with Crippen LogP contribution in [0.15, 0.2) is 60.7 Å². The number of phenolic OH excluding ortho intramolecular Hbond substituents is 1.